The zero-order valence-electron chi connectivity index (χ0n) is 12.5. The van der Waals surface area contributed by atoms with E-state index < -0.39 is 12.1 Å². The maximum atomic E-state index is 12.3. The van der Waals surface area contributed by atoms with E-state index in [9.17, 15) is 9.59 Å². The molecule has 0 saturated heterocycles. The third-order valence-electron chi connectivity index (χ3n) is 3.18. The Morgan fingerprint density at radius 3 is 2.18 bits per heavy atom. The quantitative estimate of drug-likeness (QED) is 0.834. The molecule has 0 unspecified atom stereocenters. The fourth-order valence-electron chi connectivity index (χ4n) is 2.13. The average Bonchev–Trinajstić information content (AvgIpc) is 2.54. The third-order valence-corrected chi connectivity index (χ3v) is 3.18. The molecule has 114 valence electrons. The van der Waals surface area contributed by atoms with Crippen LogP contribution in [0.5, 0.6) is 0 Å². The number of carbonyl (C=O) groups is 2. The van der Waals surface area contributed by atoms with E-state index in [1.165, 1.54) is 6.92 Å². The maximum Gasteiger partial charge on any atom is 0.303 e. The number of hydrogen-bond donors (Lipinski definition) is 1. The molecular weight excluding hydrogens is 278 g/mol. The van der Waals surface area contributed by atoms with Gasteiger partial charge >= 0.3 is 5.97 Å². The van der Waals surface area contributed by atoms with Crippen molar-refractivity contribution in [3.8, 4) is 0 Å². The highest BCUT2D eigenvalue weighted by Gasteiger charge is 2.23. The molecule has 22 heavy (non-hydrogen) atoms. The summed E-state index contributed by atoms with van der Waals surface area (Å²) in [4.78, 5) is 23.5. The molecule has 2 aromatic rings. The molecule has 0 bridgehead atoms. The van der Waals surface area contributed by atoms with Crippen LogP contribution in [-0.4, -0.2) is 18.4 Å². The summed E-state index contributed by atoms with van der Waals surface area (Å²) in [5.41, 5.74) is 1.81. The Hall–Kier alpha value is -2.62. The van der Waals surface area contributed by atoms with E-state index in [4.69, 9.17) is 4.74 Å². The molecule has 1 atom stereocenters. The molecule has 0 saturated carbocycles. The van der Waals surface area contributed by atoms with Crippen molar-refractivity contribution in [3.05, 3.63) is 71.8 Å². The minimum atomic E-state index is -0.908. The summed E-state index contributed by atoms with van der Waals surface area (Å²) in [5, 5.41) is 2.82. The number of amides is 1. The lowest BCUT2D eigenvalue weighted by molar-refractivity contribution is -0.154. The molecule has 0 radical (unpaired) electrons. The first kappa shape index (κ1) is 15.8. The lowest BCUT2D eigenvalue weighted by Gasteiger charge is -2.17. The molecule has 2 rings (SSSR count). The first-order valence-electron chi connectivity index (χ1n) is 7.20. The number of carbonyl (C=O) groups excluding carboxylic acids is 2. The van der Waals surface area contributed by atoms with Crippen LogP contribution in [0.4, 0.5) is 0 Å². The summed E-state index contributed by atoms with van der Waals surface area (Å²) in [7, 11) is 0. The lowest BCUT2D eigenvalue weighted by Crippen LogP contribution is -2.33. The number of esters is 1. The molecule has 0 heterocycles. The van der Waals surface area contributed by atoms with Crippen LogP contribution in [0.1, 0.15) is 24.2 Å². The Kier molecular flexibility index (Phi) is 5.72. The second-order valence-corrected chi connectivity index (χ2v) is 4.93. The predicted molar refractivity (Wildman–Crippen MR) is 84.1 cm³/mol. The smallest absolute Gasteiger partial charge is 0.303 e. The Labute approximate surface area is 130 Å². The fourth-order valence-corrected chi connectivity index (χ4v) is 2.13. The zero-order valence-corrected chi connectivity index (χ0v) is 12.5. The summed E-state index contributed by atoms with van der Waals surface area (Å²) in [6, 6.07) is 18.9. The van der Waals surface area contributed by atoms with Gasteiger partial charge in [0.05, 0.1) is 0 Å². The van der Waals surface area contributed by atoms with Gasteiger partial charge in [-0.1, -0.05) is 60.7 Å². The highest BCUT2D eigenvalue weighted by molar-refractivity contribution is 5.84. The standard InChI is InChI=1S/C18H19NO3/c1-14(20)22-17(16-10-6-3-7-11-16)18(21)19-13-12-15-8-4-2-5-9-15/h2-11,17H,12-13H2,1H3,(H,19,21)/t17-/m1/s1. The molecule has 0 aliphatic rings. The number of benzene rings is 2. The summed E-state index contributed by atoms with van der Waals surface area (Å²) in [6.45, 7) is 1.79. The number of hydrogen-bond acceptors (Lipinski definition) is 3. The van der Waals surface area contributed by atoms with Crippen LogP contribution >= 0.6 is 0 Å². The molecule has 1 amide bonds. The molecule has 0 spiro atoms. The molecular formula is C18H19NO3. The summed E-state index contributed by atoms with van der Waals surface area (Å²) in [5.74, 6) is -0.788. The molecule has 2 aromatic carbocycles. The van der Waals surface area contributed by atoms with Crippen LogP contribution in [0.3, 0.4) is 0 Å². The van der Waals surface area contributed by atoms with Gasteiger partial charge in [-0.05, 0) is 12.0 Å². The van der Waals surface area contributed by atoms with Gasteiger partial charge in [-0.3, -0.25) is 9.59 Å². The van der Waals surface area contributed by atoms with Gasteiger partial charge in [0.25, 0.3) is 5.91 Å². The van der Waals surface area contributed by atoms with Crippen molar-refractivity contribution in [2.24, 2.45) is 0 Å². The van der Waals surface area contributed by atoms with Crippen molar-refractivity contribution in [3.63, 3.8) is 0 Å². The van der Waals surface area contributed by atoms with E-state index >= 15 is 0 Å². The highest BCUT2D eigenvalue weighted by Crippen LogP contribution is 2.17. The number of nitrogens with one attached hydrogen (secondary N) is 1. The molecule has 4 nitrogen and oxygen atoms in total. The van der Waals surface area contributed by atoms with Crippen LogP contribution < -0.4 is 5.32 Å². The van der Waals surface area contributed by atoms with Crippen LogP contribution in [0.25, 0.3) is 0 Å². The summed E-state index contributed by atoms with van der Waals surface area (Å²) in [6.07, 6.45) is -0.178. The molecule has 0 aliphatic heterocycles. The van der Waals surface area contributed by atoms with Gasteiger partial charge in [0, 0.05) is 19.0 Å². The minimum absolute atomic E-state index is 0.308. The second-order valence-electron chi connectivity index (χ2n) is 4.93. The summed E-state index contributed by atoms with van der Waals surface area (Å²) < 4.78 is 5.15. The van der Waals surface area contributed by atoms with Crippen molar-refractivity contribution in [2.45, 2.75) is 19.4 Å². The van der Waals surface area contributed by atoms with Crippen molar-refractivity contribution >= 4 is 11.9 Å². The SMILES string of the molecule is CC(=O)O[C@@H](C(=O)NCCc1ccccc1)c1ccccc1. The molecule has 0 aliphatic carbocycles. The van der Waals surface area contributed by atoms with Gasteiger partial charge in [-0.2, -0.15) is 0 Å². The zero-order chi connectivity index (χ0) is 15.8. The van der Waals surface area contributed by atoms with Crippen LogP contribution in [0.15, 0.2) is 60.7 Å². The monoisotopic (exact) mass is 297 g/mol. The van der Waals surface area contributed by atoms with Gasteiger partial charge in [0.1, 0.15) is 0 Å². The van der Waals surface area contributed by atoms with Crippen LogP contribution in [0, 0.1) is 0 Å². The first-order chi connectivity index (χ1) is 10.7. The predicted octanol–water partition coefficient (Wildman–Crippen LogP) is 2.65. The molecule has 4 heteroatoms. The van der Waals surface area contributed by atoms with E-state index in [-0.39, 0.29) is 5.91 Å². The number of ether oxygens (including phenoxy) is 1. The van der Waals surface area contributed by atoms with E-state index in [1.54, 1.807) is 12.1 Å². The van der Waals surface area contributed by atoms with E-state index in [0.29, 0.717) is 12.1 Å². The first-order valence-corrected chi connectivity index (χ1v) is 7.20. The molecule has 0 fully saturated rings. The minimum Gasteiger partial charge on any atom is -0.447 e. The topological polar surface area (TPSA) is 55.4 Å². The van der Waals surface area contributed by atoms with Gasteiger partial charge in [-0.25, -0.2) is 0 Å². The largest absolute Gasteiger partial charge is 0.447 e. The van der Waals surface area contributed by atoms with Gasteiger partial charge in [0.2, 0.25) is 6.10 Å². The van der Waals surface area contributed by atoms with E-state index in [2.05, 4.69) is 5.32 Å². The lowest BCUT2D eigenvalue weighted by atomic mass is 10.1. The third kappa shape index (κ3) is 4.74. The van der Waals surface area contributed by atoms with E-state index in [1.807, 2.05) is 48.5 Å². The fraction of sp³-hybridized carbons (Fsp3) is 0.222. The van der Waals surface area contributed by atoms with E-state index in [0.717, 1.165) is 12.0 Å². The summed E-state index contributed by atoms with van der Waals surface area (Å²) >= 11 is 0. The van der Waals surface area contributed by atoms with Gasteiger partial charge in [0.15, 0.2) is 0 Å². The van der Waals surface area contributed by atoms with Crippen molar-refractivity contribution in [2.75, 3.05) is 6.54 Å². The Morgan fingerprint density at radius 1 is 1.00 bits per heavy atom. The second kappa shape index (κ2) is 7.98. The van der Waals surface area contributed by atoms with Gasteiger partial charge in [-0.15, -0.1) is 0 Å². The maximum absolute atomic E-state index is 12.3. The number of rotatable bonds is 6. The van der Waals surface area contributed by atoms with Crippen LogP contribution in [0.2, 0.25) is 0 Å². The average molecular weight is 297 g/mol. The van der Waals surface area contributed by atoms with Crippen LogP contribution in [-0.2, 0) is 20.7 Å². The molecule has 0 aromatic heterocycles. The Bertz CT molecular complexity index is 611. The van der Waals surface area contributed by atoms with Gasteiger partial charge < -0.3 is 10.1 Å². The van der Waals surface area contributed by atoms with Crippen molar-refractivity contribution in [1.82, 2.24) is 5.32 Å². The Balaban J connectivity index is 1.96. The van der Waals surface area contributed by atoms with Crippen molar-refractivity contribution in [1.29, 1.82) is 0 Å². The molecule has 1 N–H and O–H groups in total. The van der Waals surface area contributed by atoms with Crippen molar-refractivity contribution < 1.29 is 14.3 Å². The highest BCUT2D eigenvalue weighted by atomic mass is 16.5. The Morgan fingerprint density at radius 2 is 1.59 bits per heavy atom. The normalized spacial score (nSPS) is 11.5.